The van der Waals surface area contributed by atoms with Crippen molar-refractivity contribution in [3.8, 4) is 11.5 Å². The lowest BCUT2D eigenvalue weighted by Gasteiger charge is -2.35. The van der Waals surface area contributed by atoms with Crippen molar-refractivity contribution in [1.82, 2.24) is 4.90 Å². The van der Waals surface area contributed by atoms with E-state index in [1.54, 1.807) is 29.2 Å². The smallest absolute Gasteiger partial charge is 0.325 e. The standard InChI is InChI=1S/C14H17NO5/c1-2-19-11-3-5-12(6-4-11)20-13(16)9-15-7-10(8-15)14(17)18/h3-6,10H,2,7-9H2,1H3,(H,17,18). The molecule has 0 atom stereocenters. The van der Waals surface area contributed by atoms with Gasteiger partial charge in [0.05, 0.1) is 19.1 Å². The van der Waals surface area contributed by atoms with Gasteiger partial charge >= 0.3 is 11.9 Å². The molecule has 1 aromatic rings. The third kappa shape index (κ3) is 3.71. The second-order valence-corrected chi connectivity index (χ2v) is 4.61. The van der Waals surface area contributed by atoms with Gasteiger partial charge in [0, 0.05) is 13.1 Å². The predicted molar refractivity (Wildman–Crippen MR) is 70.8 cm³/mol. The summed E-state index contributed by atoms with van der Waals surface area (Å²) in [5.74, 6) is -0.402. The van der Waals surface area contributed by atoms with Crippen LogP contribution >= 0.6 is 0 Å². The van der Waals surface area contributed by atoms with Crippen LogP contribution in [0.2, 0.25) is 0 Å². The van der Waals surface area contributed by atoms with Gasteiger partial charge in [0.1, 0.15) is 11.5 Å². The number of nitrogens with zero attached hydrogens (tertiary/aromatic N) is 1. The highest BCUT2D eigenvalue weighted by atomic mass is 16.5. The molecule has 0 saturated carbocycles. The van der Waals surface area contributed by atoms with E-state index in [-0.39, 0.29) is 12.5 Å². The third-order valence-electron chi connectivity index (χ3n) is 3.03. The highest BCUT2D eigenvalue weighted by molar-refractivity contribution is 5.76. The zero-order valence-electron chi connectivity index (χ0n) is 11.2. The molecule has 1 aliphatic rings. The van der Waals surface area contributed by atoms with Gasteiger partial charge in [0.15, 0.2) is 0 Å². The Labute approximate surface area is 116 Å². The van der Waals surface area contributed by atoms with Crippen LogP contribution in [0, 0.1) is 5.92 Å². The van der Waals surface area contributed by atoms with Crippen LogP contribution in [0.4, 0.5) is 0 Å². The summed E-state index contributed by atoms with van der Waals surface area (Å²) >= 11 is 0. The molecule has 0 amide bonds. The number of carboxylic acids is 1. The molecule has 1 heterocycles. The van der Waals surface area contributed by atoms with Crippen molar-refractivity contribution in [1.29, 1.82) is 0 Å². The fraction of sp³-hybridized carbons (Fsp3) is 0.429. The van der Waals surface area contributed by atoms with Gasteiger partial charge in [-0.2, -0.15) is 0 Å². The number of ether oxygens (including phenoxy) is 2. The van der Waals surface area contributed by atoms with Crippen molar-refractivity contribution >= 4 is 11.9 Å². The van der Waals surface area contributed by atoms with E-state index in [4.69, 9.17) is 14.6 Å². The fourth-order valence-electron chi connectivity index (χ4n) is 1.97. The maximum absolute atomic E-state index is 11.7. The van der Waals surface area contributed by atoms with Crippen LogP contribution in [-0.2, 0) is 9.59 Å². The molecule has 20 heavy (non-hydrogen) atoms. The number of hydrogen-bond donors (Lipinski definition) is 1. The minimum absolute atomic E-state index is 0.108. The molecule has 1 aliphatic heterocycles. The van der Waals surface area contributed by atoms with Gasteiger partial charge in [-0.25, -0.2) is 0 Å². The summed E-state index contributed by atoms with van der Waals surface area (Å²) in [5.41, 5.74) is 0. The lowest BCUT2D eigenvalue weighted by Crippen LogP contribution is -2.52. The minimum Gasteiger partial charge on any atom is -0.494 e. The van der Waals surface area contributed by atoms with Crippen LogP contribution in [0.15, 0.2) is 24.3 Å². The monoisotopic (exact) mass is 279 g/mol. The summed E-state index contributed by atoms with van der Waals surface area (Å²) in [6, 6.07) is 6.80. The van der Waals surface area contributed by atoms with Gasteiger partial charge < -0.3 is 14.6 Å². The van der Waals surface area contributed by atoms with E-state index >= 15 is 0 Å². The molecule has 108 valence electrons. The lowest BCUT2D eigenvalue weighted by atomic mass is 10.0. The zero-order chi connectivity index (χ0) is 14.5. The van der Waals surface area contributed by atoms with E-state index in [1.165, 1.54) is 0 Å². The summed E-state index contributed by atoms with van der Waals surface area (Å²) < 4.78 is 10.5. The number of benzene rings is 1. The summed E-state index contributed by atoms with van der Waals surface area (Å²) in [7, 11) is 0. The number of carbonyl (C=O) groups is 2. The van der Waals surface area contributed by atoms with E-state index < -0.39 is 11.9 Å². The van der Waals surface area contributed by atoms with Crippen LogP contribution in [0.1, 0.15) is 6.92 Å². The lowest BCUT2D eigenvalue weighted by molar-refractivity contribution is -0.150. The van der Waals surface area contributed by atoms with Gasteiger partial charge in [-0.05, 0) is 31.2 Å². The maximum Gasteiger partial charge on any atom is 0.325 e. The third-order valence-corrected chi connectivity index (χ3v) is 3.03. The molecule has 0 aromatic heterocycles. The average Bonchev–Trinajstić information content (AvgIpc) is 2.35. The molecule has 2 rings (SSSR count). The molecule has 1 saturated heterocycles. The highest BCUT2D eigenvalue weighted by Gasteiger charge is 2.33. The molecule has 1 aromatic carbocycles. The Morgan fingerprint density at radius 1 is 1.25 bits per heavy atom. The maximum atomic E-state index is 11.7. The average molecular weight is 279 g/mol. The van der Waals surface area contributed by atoms with Gasteiger partial charge in [-0.1, -0.05) is 0 Å². The summed E-state index contributed by atoms with van der Waals surface area (Å²) in [6.07, 6.45) is 0. The quantitative estimate of drug-likeness (QED) is 0.618. The van der Waals surface area contributed by atoms with Crippen molar-refractivity contribution in [2.45, 2.75) is 6.92 Å². The Balaban J connectivity index is 1.76. The molecule has 0 bridgehead atoms. The van der Waals surface area contributed by atoms with E-state index in [2.05, 4.69) is 0 Å². The Morgan fingerprint density at radius 3 is 2.40 bits per heavy atom. The SMILES string of the molecule is CCOc1ccc(OC(=O)CN2CC(C(=O)O)C2)cc1. The molecular formula is C14H17NO5. The fourth-order valence-corrected chi connectivity index (χ4v) is 1.97. The number of aliphatic carboxylic acids is 1. The molecular weight excluding hydrogens is 262 g/mol. The first-order chi connectivity index (χ1) is 9.58. The molecule has 1 fully saturated rings. The van der Waals surface area contributed by atoms with Crippen molar-refractivity contribution < 1.29 is 24.2 Å². The zero-order valence-corrected chi connectivity index (χ0v) is 11.2. The number of hydrogen-bond acceptors (Lipinski definition) is 5. The second kappa shape index (κ2) is 6.38. The Morgan fingerprint density at radius 2 is 1.85 bits per heavy atom. The van der Waals surface area contributed by atoms with E-state index in [9.17, 15) is 9.59 Å². The van der Waals surface area contributed by atoms with Gasteiger partial charge in [-0.3, -0.25) is 14.5 Å². The van der Waals surface area contributed by atoms with E-state index in [1.807, 2.05) is 6.92 Å². The van der Waals surface area contributed by atoms with E-state index in [0.717, 1.165) is 5.75 Å². The molecule has 1 N–H and O–H groups in total. The molecule has 0 aliphatic carbocycles. The second-order valence-electron chi connectivity index (χ2n) is 4.61. The number of esters is 1. The Hall–Kier alpha value is -2.08. The van der Waals surface area contributed by atoms with Crippen molar-refractivity contribution in [2.24, 2.45) is 5.92 Å². The highest BCUT2D eigenvalue weighted by Crippen LogP contribution is 2.19. The first kappa shape index (κ1) is 14.3. The number of likely N-dealkylation sites (tertiary alicyclic amines) is 1. The number of carbonyl (C=O) groups excluding carboxylic acids is 1. The first-order valence-electron chi connectivity index (χ1n) is 6.47. The predicted octanol–water partition coefficient (Wildman–Crippen LogP) is 1.01. The topological polar surface area (TPSA) is 76.1 Å². The molecule has 0 spiro atoms. The molecule has 0 radical (unpaired) electrons. The van der Waals surface area contributed by atoms with Gasteiger partial charge in [0.25, 0.3) is 0 Å². The van der Waals surface area contributed by atoms with Crippen molar-refractivity contribution in [3.05, 3.63) is 24.3 Å². The van der Waals surface area contributed by atoms with E-state index in [0.29, 0.717) is 25.4 Å². The largest absolute Gasteiger partial charge is 0.494 e. The summed E-state index contributed by atoms with van der Waals surface area (Å²) in [6.45, 7) is 3.38. The first-order valence-corrected chi connectivity index (χ1v) is 6.47. The number of rotatable bonds is 6. The summed E-state index contributed by atoms with van der Waals surface area (Å²) in [5, 5.41) is 8.74. The Kier molecular flexibility index (Phi) is 4.57. The summed E-state index contributed by atoms with van der Waals surface area (Å²) in [4.78, 5) is 24.0. The van der Waals surface area contributed by atoms with Gasteiger partial charge in [-0.15, -0.1) is 0 Å². The van der Waals surface area contributed by atoms with Crippen molar-refractivity contribution in [3.63, 3.8) is 0 Å². The Bertz CT molecular complexity index is 479. The normalized spacial score (nSPS) is 15.4. The van der Waals surface area contributed by atoms with Crippen LogP contribution in [0.25, 0.3) is 0 Å². The van der Waals surface area contributed by atoms with Crippen molar-refractivity contribution in [2.75, 3.05) is 26.2 Å². The molecule has 6 nitrogen and oxygen atoms in total. The molecule has 6 heteroatoms. The minimum atomic E-state index is -0.818. The van der Waals surface area contributed by atoms with Crippen LogP contribution in [0.3, 0.4) is 0 Å². The van der Waals surface area contributed by atoms with Crippen LogP contribution in [0.5, 0.6) is 11.5 Å². The van der Waals surface area contributed by atoms with Crippen LogP contribution < -0.4 is 9.47 Å². The van der Waals surface area contributed by atoms with Gasteiger partial charge in [0.2, 0.25) is 0 Å². The molecule has 0 unspecified atom stereocenters. The number of carboxylic acid groups (broad SMARTS) is 1. The van der Waals surface area contributed by atoms with Crippen LogP contribution in [-0.4, -0.2) is 48.2 Å².